The number of carbonyl (C=O) groups excluding carboxylic acids is 1. The molecule has 0 spiro atoms. The smallest absolute Gasteiger partial charge is 0.268 e. The van der Waals surface area contributed by atoms with Crippen molar-refractivity contribution in [2.75, 3.05) is 0 Å². The second kappa shape index (κ2) is 7.90. The zero-order chi connectivity index (χ0) is 22.3. The molecule has 0 saturated heterocycles. The predicted molar refractivity (Wildman–Crippen MR) is 118 cm³/mol. The van der Waals surface area contributed by atoms with Crippen molar-refractivity contribution in [3.05, 3.63) is 82.5 Å². The van der Waals surface area contributed by atoms with Gasteiger partial charge in [0, 0.05) is 36.8 Å². The van der Waals surface area contributed by atoms with Crippen LogP contribution in [0.15, 0.2) is 70.3 Å². The van der Waals surface area contributed by atoms with Gasteiger partial charge in [-0.2, -0.15) is 0 Å². The number of aromatic nitrogens is 2. The topological polar surface area (TPSA) is 78.3 Å². The van der Waals surface area contributed by atoms with Crippen LogP contribution in [0.3, 0.4) is 0 Å². The van der Waals surface area contributed by atoms with E-state index in [1.807, 2.05) is 6.92 Å². The molecule has 0 aliphatic heterocycles. The van der Waals surface area contributed by atoms with Gasteiger partial charge in [-0.3, -0.25) is 9.78 Å². The lowest BCUT2D eigenvalue weighted by molar-refractivity contribution is 0.101. The molecule has 0 atom stereocenters. The van der Waals surface area contributed by atoms with Crippen molar-refractivity contribution >= 4 is 42.6 Å². The van der Waals surface area contributed by atoms with Crippen LogP contribution in [0.1, 0.15) is 23.0 Å². The molecule has 6 nitrogen and oxygen atoms in total. The standard InChI is InChI=1S/C22H16BrFN2O4S/c1-13-3-5-16(6-4-13)31(28,29)26-10-8-17-20(26)12-18(24)22(21(17)23)30-15-7-9-25-19(11-15)14(2)27/h3-12H,1-2H3. The highest BCUT2D eigenvalue weighted by Gasteiger charge is 2.23. The Hall–Kier alpha value is -3.04. The monoisotopic (exact) mass is 502 g/mol. The molecule has 0 bridgehead atoms. The Balaban J connectivity index is 1.80. The van der Waals surface area contributed by atoms with Crippen LogP contribution in [-0.2, 0) is 10.0 Å². The normalized spacial score (nSPS) is 11.6. The molecule has 0 aliphatic carbocycles. The van der Waals surface area contributed by atoms with Gasteiger partial charge in [0.1, 0.15) is 11.4 Å². The fourth-order valence-electron chi connectivity index (χ4n) is 3.08. The summed E-state index contributed by atoms with van der Waals surface area (Å²) in [5, 5.41) is 0.452. The number of rotatable bonds is 5. The van der Waals surface area contributed by atoms with Crippen molar-refractivity contribution in [1.29, 1.82) is 0 Å². The average molecular weight is 503 g/mol. The second-order valence-electron chi connectivity index (χ2n) is 6.90. The van der Waals surface area contributed by atoms with E-state index in [0.717, 1.165) is 15.6 Å². The van der Waals surface area contributed by atoms with Gasteiger partial charge in [0.05, 0.1) is 14.9 Å². The fourth-order valence-corrected chi connectivity index (χ4v) is 5.02. The summed E-state index contributed by atoms with van der Waals surface area (Å²) < 4.78 is 48.1. The van der Waals surface area contributed by atoms with Crippen molar-refractivity contribution in [3.8, 4) is 11.5 Å². The number of carbonyl (C=O) groups is 1. The summed E-state index contributed by atoms with van der Waals surface area (Å²) in [6.45, 7) is 3.23. The minimum atomic E-state index is -3.92. The van der Waals surface area contributed by atoms with Crippen LogP contribution in [0, 0.1) is 12.7 Å². The van der Waals surface area contributed by atoms with Gasteiger partial charge in [0.15, 0.2) is 17.3 Å². The summed E-state index contributed by atoms with van der Waals surface area (Å²) in [5.74, 6) is -0.914. The Labute approximate surface area is 186 Å². The number of hydrogen-bond acceptors (Lipinski definition) is 5. The largest absolute Gasteiger partial charge is 0.453 e. The maximum Gasteiger partial charge on any atom is 0.268 e. The molecule has 0 amide bonds. The van der Waals surface area contributed by atoms with Crippen molar-refractivity contribution in [2.45, 2.75) is 18.7 Å². The van der Waals surface area contributed by atoms with Crippen LogP contribution in [-0.4, -0.2) is 23.2 Å². The predicted octanol–water partition coefficient (Wildman–Crippen LogP) is 5.48. The Kier molecular flexibility index (Phi) is 5.40. The van der Waals surface area contributed by atoms with E-state index in [1.54, 1.807) is 18.2 Å². The number of halogens is 2. The van der Waals surface area contributed by atoms with E-state index in [4.69, 9.17) is 4.74 Å². The van der Waals surface area contributed by atoms with Gasteiger partial charge in [-0.25, -0.2) is 16.8 Å². The maximum atomic E-state index is 15.0. The van der Waals surface area contributed by atoms with Crippen LogP contribution >= 0.6 is 15.9 Å². The van der Waals surface area contributed by atoms with Gasteiger partial charge in [-0.1, -0.05) is 17.7 Å². The van der Waals surface area contributed by atoms with Gasteiger partial charge in [0.25, 0.3) is 10.0 Å². The van der Waals surface area contributed by atoms with Crippen molar-refractivity contribution in [2.24, 2.45) is 0 Å². The second-order valence-corrected chi connectivity index (χ2v) is 9.51. The Morgan fingerprint density at radius 2 is 1.84 bits per heavy atom. The first-order valence-electron chi connectivity index (χ1n) is 9.14. The summed E-state index contributed by atoms with van der Waals surface area (Å²) >= 11 is 3.33. The molecule has 0 radical (unpaired) electrons. The minimum Gasteiger partial charge on any atom is -0.453 e. The summed E-state index contributed by atoms with van der Waals surface area (Å²) in [7, 11) is -3.92. The van der Waals surface area contributed by atoms with E-state index < -0.39 is 15.8 Å². The molecule has 0 saturated carbocycles. The van der Waals surface area contributed by atoms with Gasteiger partial charge < -0.3 is 4.74 Å². The van der Waals surface area contributed by atoms with E-state index in [-0.39, 0.29) is 37.9 Å². The Bertz CT molecular complexity index is 1430. The molecule has 2 aromatic heterocycles. The molecule has 2 heterocycles. The maximum absolute atomic E-state index is 15.0. The highest BCUT2D eigenvalue weighted by molar-refractivity contribution is 9.10. The third-order valence-corrected chi connectivity index (χ3v) is 7.19. The fraction of sp³-hybridized carbons (Fsp3) is 0.0909. The molecule has 0 aliphatic rings. The molecule has 0 N–H and O–H groups in total. The molecule has 4 aromatic rings. The van der Waals surface area contributed by atoms with E-state index in [2.05, 4.69) is 20.9 Å². The molecule has 31 heavy (non-hydrogen) atoms. The van der Waals surface area contributed by atoms with Crippen molar-refractivity contribution in [1.82, 2.24) is 8.96 Å². The molecule has 9 heteroatoms. The number of ketones is 1. The van der Waals surface area contributed by atoms with Crippen LogP contribution in [0.25, 0.3) is 10.9 Å². The minimum absolute atomic E-state index is 0.0982. The quantitative estimate of drug-likeness (QED) is 0.337. The molecular weight excluding hydrogens is 487 g/mol. The Morgan fingerprint density at radius 3 is 2.52 bits per heavy atom. The SMILES string of the molecule is CC(=O)c1cc(Oc2c(F)cc3c(ccn3S(=O)(=O)c3ccc(C)cc3)c2Br)ccn1. The van der Waals surface area contributed by atoms with E-state index in [0.29, 0.717) is 5.39 Å². The molecule has 4 rings (SSSR count). The van der Waals surface area contributed by atoms with Crippen molar-refractivity contribution < 1.29 is 22.3 Å². The van der Waals surface area contributed by atoms with E-state index in [9.17, 15) is 17.6 Å². The lowest BCUT2D eigenvalue weighted by Crippen LogP contribution is -2.12. The van der Waals surface area contributed by atoms with Gasteiger partial charge in [-0.15, -0.1) is 0 Å². The number of pyridine rings is 1. The van der Waals surface area contributed by atoms with Crippen LogP contribution in [0.4, 0.5) is 4.39 Å². The number of Topliss-reactive ketones (excluding diaryl/α,β-unsaturated/α-hetero) is 1. The van der Waals surface area contributed by atoms with Crippen LogP contribution in [0.2, 0.25) is 0 Å². The number of aryl methyl sites for hydroxylation is 1. The molecule has 2 aromatic carbocycles. The molecule has 0 fully saturated rings. The number of hydrogen-bond donors (Lipinski definition) is 0. The Morgan fingerprint density at radius 1 is 1.13 bits per heavy atom. The third kappa shape index (κ3) is 3.86. The lowest BCUT2D eigenvalue weighted by Gasteiger charge is -2.12. The summed E-state index contributed by atoms with van der Waals surface area (Å²) in [6.07, 6.45) is 2.76. The first-order chi connectivity index (χ1) is 14.7. The summed E-state index contributed by atoms with van der Waals surface area (Å²) in [6, 6.07) is 12.0. The summed E-state index contributed by atoms with van der Waals surface area (Å²) in [5.41, 5.74) is 1.28. The van der Waals surface area contributed by atoms with Crippen LogP contribution in [0.5, 0.6) is 11.5 Å². The summed E-state index contributed by atoms with van der Waals surface area (Å²) in [4.78, 5) is 15.6. The number of fused-ring (bicyclic) bond motifs is 1. The van der Waals surface area contributed by atoms with Crippen molar-refractivity contribution in [3.63, 3.8) is 0 Å². The molecular formula is C22H16BrFN2O4S. The first kappa shape index (κ1) is 21.2. The number of ether oxygens (including phenoxy) is 1. The van der Waals surface area contributed by atoms with E-state index in [1.165, 1.54) is 43.6 Å². The first-order valence-corrected chi connectivity index (χ1v) is 11.4. The number of benzene rings is 2. The highest BCUT2D eigenvalue weighted by atomic mass is 79.9. The lowest BCUT2D eigenvalue weighted by atomic mass is 10.2. The van der Waals surface area contributed by atoms with E-state index >= 15 is 0 Å². The molecule has 158 valence electrons. The van der Waals surface area contributed by atoms with Gasteiger partial charge >= 0.3 is 0 Å². The highest BCUT2D eigenvalue weighted by Crippen LogP contribution is 2.39. The number of nitrogens with zero attached hydrogens (tertiary/aromatic N) is 2. The van der Waals surface area contributed by atoms with Gasteiger partial charge in [-0.05, 0) is 47.1 Å². The third-order valence-electron chi connectivity index (χ3n) is 4.70. The van der Waals surface area contributed by atoms with Crippen LogP contribution < -0.4 is 4.74 Å². The average Bonchev–Trinajstić information content (AvgIpc) is 3.16. The zero-order valence-corrected chi connectivity index (χ0v) is 18.9. The molecule has 0 unspecified atom stereocenters. The van der Waals surface area contributed by atoms with Gasteiger partial charge in [0.2, 0.25) is 0 Å². The zero-order valence-electron chi connectivity index (χ0n) is 16.5.